The number of carbonyl (C=O) groups is 3. The first-order valence-electron chi connectivity index (χ1n) is 9.53. The SMILES string of the molecule is O=C(CCCCCNC(=O)c1ccccc1Br)NN[C@H]1C(=O)Nc2ccccc21. The van der Waals surface area contributed by atoms with E-state index in [0.717, 1.165) is 28.6 Å². The Morgan fingerprint density at radius 3 is 2.59 bits per heavy atom. The molecule has 0 saturated heterocycles. The Balaban J connectivity index is 1.29. The van der Waals surface area contributed by atoms with Crippen molar-refractivity contribution in [2.45, 2.75) is 31.7 Å². The normalized spacial score (nSPS) is 14.8. The largest absolute Gasteiger partial charge is 0.352 e. The van der Waals surface area contributed by atoms with Crippen molar-refractivity contribution in [3.63, 3.8) is 0 Å². The molecule has 0 radical (unpaired) electrons. The first-order chi connectivity index (χ1) is 14.1. The third kappa shape index (κ3) is 5.65. The molecule has 2 aromatic rings. The van der Waals surface area contributed by atoms with Crippen LogP contribution in [0.3, 0.4) is 0 Å². The van der Waals surface area contributed by atoms with Gasteiger partial charge in [0, 0.05) is 28.7 Å². The van der Waals surface area contributed by atoms with Gasteiger partial charge in [-0.25, -0.2) is 5.43 Å². The summed E-state index contributed by atoms with van der Waals surface area (Å²) in [6.45, 7) is 0.555. The Morgan fingerprint density at radius 2 is 1.76 bits per heavy atom. The number of hydrazine groups is 1. The van der Waals surface area contributed by atoms with Gasteiger partial charge < -0.3 is 10.6 Å². The van der Waals surface area contributed by atoms with Gasteiger partial charge in [-0.2, -0.15) is 0 Å². The predicted octanol–water partition coefficient (Wildman–Crippen LogP) is 3.05. The summed E-state index contributed by atoms with van der Waals surface area (Å²) < 4.78 is 0.764. The molecule has 0 spiro atoms. The number of carbonyl (C=O) groups excluding carboxylic acids is 3. The molecule has 0 fully saturated rings. The zero-order chi connectivity index (χ0) is 20.6. The number of benzene rings is 2. The van der Waals surface area contributed by atoms with Gasteiger partial charge in [-0.05, 0) is 47.0 Å². The second kappa shape index (κ2) is 10.2. The maximum absolute atomic E-state index is 12.1. The number of unbranched alkanes of at least 4 members (excludes halogenated alkanes) is 2. The van der Waals surface area contributed by atoms with Crippen LogP contribution >= 0.6 is 15.9 Å². The maximum Gasteiger partial charge on any atom is 0.252 e. The molecule has 7 nitrogen and oxygen atoms in total. The molecule has 29 heavy (non-hydrogen) atoms. The van der Waals surface area contributed by atoms with E-state index in [9.17, 15) is 14.4 Å². The quantitative estimate of drug-likeness (QED) is 0.342. The molecular formula is C21H23BrN4O3. The van der Waals surface area contributed by atoms with Crippen molar-refractivity contribution in [2.75, 3.05) is 11.9 Å². The van der Waals surface area contributed by atoms with Gasteiger partial charge in [-0.1, -0.05) is 36.8 Å². The summed E-state index contributed by atoms with van der Waals surface area (Å²) in [6, 6.07) is 14.1. The summed E-state index contributed by atoms with van der Waals surface area (Å²) in [4.78, 5) is 36.1. The highest BCUT2D eigenvalue weighted by Crippen LogP contribution is 2.29. The van der Waals surface area contributed by atoms with E-state index < -0.39 is 6.04 Å². The van der Waals surface area contributed by atoms with E-state index in [2.05, 4.69) is 37.4 Å². The summed E-state index contributed by atoms with van der Waals surface area (Å²) in [7, 11) is 0. The zero-order valence-corrected chi connectivity index (χ0v) is 17.4. The fraction of sp³-hybridized carbons (Fsp3) is 0.286. The number of hydrogen-bond donors (Lipinski definition) is 4. The van der Waals surface area contributed by atoms with Crippen molar-refractivity contribution in [1.29, 1.82) is 0 Å². The van der Waals surface area contributed by atoms with E-state index >= 15 is 0 Å². The first kappa shape index (κ1) is 21.0. The average molecular weight is 459 g/mol. The molecule has 0 aliphatic carbocycles. The highest BCUT2D eigenvalue weighted by Gasteiger charge is 2.30. The third-order valence-electron chi connectivity index (χ3n) is 4.63. The molecule has 4 N–H and O–H groups in total. The zero-order valence-electron chi connectivity index (χ0n) is 15.8. The smallest absolute Gasteiger partial charge is 0.252 e. The fourth-order valence-electron chi connectivity index (χ4n) is 3.10. The Morgan fingerprint density at radius 1 is 1.00 bits per heavy atom. The van der Waals surface area contributed by atoms with Crippen molar-refractivity contribution in [3.8, 4) is 0 Å². The second-order valence-corrected chi connectivity index (χ2v) is 7.60. The minimum absolute atomic E-state index is 0.116. The minimum Gasteiger partial charge on any atom is -0.352 e. The molecule has 152 valence electrons. The van der Waals surface area contributed by atoms with Gasteiger partial charge in [0.15, 0.2) is 0 Å². The Bertz CT molecular complexity index is 903. The number of nitrogens with one attached hydrogen (secondary N) is 4. The molecule has 0 unspecified atom stereocenters. The number of anilines is 1. The highest BCUT2D eigenvalue weighted by molar-refractivity contribution is 9.10. The number of halogens is 1. The topological polar surface area (TPSA) is 99.3 Å². The van der Waals surface area contributed by atoms with E-state index in [1.54, 1.807) is 6.07 Å². The van der Waals surface area contributed by atoms with Crippen molar-refractivity contribution < 1.29 is 14.4 Å². The standard InChI is InChI=1S/C21H23BrN4O3/c22-16-10-5-3-8-14(16)20(28)23-13-7-1-2-12-18(27)25-26-19-15-9-4-6-11-17(15)24-21(19)29/h3-6,8-11,19,26H,1-2,7,12-13H2,(H,23,28)(H,24,29)(H,25,27)/t19-/m1/s1. The van der Waals surface area contributed by atoms with Gasteiger partial charge in [0.2, 0.25) is 11.8 Å². The fourth-order valence-corrected chi connectivity index (χ4v) is 3.56. The lowest BCUT2D eigenvalue weighted by molar-refractivity contribution is -0.123. The summed E-state index contributed by atoms with van der Waals surface area (Å²) in [5.74, 6) is -0.471. The monoisotopic (exact) mass is 458 g/mol. The van der Waals surface area contributed by atoms with Crippen LogP contribution in [0.2, 0.25) is 0 Å². The lowest BCUT2D eigenvalue weighted by Gasteiger charge is -2.12. The van der Waals surface area contributed by atoms with Crippen LogP contribution in [0.4, 0.5) is 5.69 Å². The van der Waals surface area contributed by atoms with Crippen LogP contribution in [-0.2, 0) is 9.59 Å². The first-order valence-corrected chi connectivity index (χ1v) is 10.3. The third-order valence-corrected chi connectivity index (χ3v) is 5.32. The predicted molar refractivity (Wildman–Crippen MR) is 114 cm³/mol. The molecule has 3 rings (SSSR count). The van der Waals surface area contributed by atoms with Crippen molar-refractivity contribution in [2.24, 2.45) is 0 Å². The maximum atomic E-state index is 12.1. The van der Waals surface area contributed by atoms with Crippen LogP contribution in [0.15, 0.2) is 53.0 Å². The molecular weight excluding hydrogens is 436 g/mol. The Hall–Kier alpha value is -2.71. The summed E-state index contributed by atoms with van der Waals surface area (Å²) >= 11 is 3.36. The number of amides is 3. The number of para-hydroxylation sites is 1. The van der Waals surface area contributed by atoms with Gasteiger partial charge in [0.05, 0.1) is 5.56 Å². The van der Waals surface area contributed by atoms with Gasteiger partial charge in [-0.15, -0.1) is 0 Å². The van der Waals surface area contributed by atoms with E-state index in [-0.39, 0.29) is 17.7 Å². The van der Waals surface area contributed by atoms with E-state index in [4.69, 9.17) is 0 Å². The summed E-state index contributed by atoms with van der Waals surface area (Å²) in [5.41, 5.74) is 7.60. The van der Waals surface area contributed by atoms with E-state index in [1.165, 1.54) is 0 Å². The average Bonchev–Trinajstić information content (AvgIpc) is 3.04. The second-order valence-electron chi connectivity index (χ2n) is 6.75. The summed E-state index contributed by atoms with van der Waals surface area (Å²) in [5, 5.41) is 5.65. The van der Waals surface area contributed by atoms with Crippen LogP contribution in [0.25, 0.3) is 0 Å². The molecule has 1 atom stereocenters. The highest BCUT2D eigenvalue weighted by atomic mass is 79.9. The van der Waals surface area contributed by atoms with Gasteiger partial charge in [0.25, 0.3) is 5.91 Å². The molecule has 0 bridgehead atoms. The van der Waals surface area contributed by atoms with Crippen LogP contribution < -0.4 is 21.5 Å². The van der Waals surface area contributed by atoms with Crippen LogP contribution in [-0.4, -0.2) is 24.3 Å². The van der Waals surface area contributed by atoms with Crippen molar-refractivity contribution >= 4 is 39.3 Å². The molecule has 2 aromatic carbocycles. The van der Waals surface area contributed by atoms with Gasteiger partial charge >= 0.3 is 0 Å². The Labute approximate surface area is 177 Å². The van der Waals surface area contributed by atoms with Crippen LogP contribution in [0, 0.1) is 0 Å². The van der Waals surface area contributed by atoms with Crippen molar-refractivity contribution in [1.82, 2.24) is 16.2 Å². The van der Waals surface area contributed by atoms with Crippen LogP contribution in [0.5, 0.6) is 0 Å². The summed E-state index contributed by atoms with van der Waals surface area (Å²) in [6.07, 6.45) is 2.65. The lowest BCUT2D eigenvalue weighted by Crippen LogP contribution is -2.42. The molecule has 1 aliphatic heterocycles. The molecule has 3 amide bonds. The molecule has 1 aliphatic rings. The van der Waals surface area contributed by atoms with E-state index in [1.807, 2.05) is 42.5 Å². The number of hydrogen-bond acceptors (Lipinski definition) is 4. The molecule has 8 heteroatoms. The van der Waals surface area contributed by atoms with Crippen molar-refractivity contribution in [3.05, 3.63) is 64.1 Å². The number of rotatable bonds is 9. The minimum atomic E-state index is -0.581. The van der Waals surface area contributed by atoms with Gasteiger partial charge in [-0.3, -0.25) is 19.8 Å². The molecule has 1 heterocycles. The lowest BCUT2D eigenvalue weighted by atomic mass is 10.1. The van der Waals surface area contributed by atoms with E-state index in [0.29, 0.717) is 24.9 Å². The van der Waals surface area contributed by atoms with Crippen LogP contribution in [0.1, 0.15) is 47.6 Å². The molecule has 0 aromatic heterocycles. The molecule has 0 saturated carbocycles. The number of fused-ring (bicyclic) bond motifs is 1. The van der Waals surface area contributed by atoms with Gasteiger partial charge in [0.1, 0.15) is 6.04 Å². The Kier molecular flexibility index (Phi) is 7.37.